The van der Waals surface area contributed by atoms with Crippen LogP contribution in [0.5, 0.6) is 0 Å². The van der Waals surface area contributed by atoms with Gasteiger partial charge in [0.2, 0.25) is 10.0 Å². The third kappa shape index (κ3) is 3.91. The van der Waals surface area contributed by atoms with Gasteiger partial charge >= 0.3 is 0 Å². The molecule has 0 radical (unpaired) electrons. The van der Waals surface area contributed by atoms with E-state index < -0.39 is 10.0 Å². The maximum atomic E-state index is 13.2. The van der Waals surface area contributed by atoms with E-state index in [4.69, 9.17) is 0 Å². The topological polar surface area (TPSA) is 87.9 Å². The summed E-state index contributed by atoms with van der Waals surface area (Å²) >= 11 is 0. The molecule has 4 heterocycles. The van der Waals surface area contributed by atoms with Gasteiger partial charge in [-0.25, -0.2) is 8.42 Å². The van der Waals surface area contributed by atoms with Crippen LogP contribution in [0.2, 0.25) is 0 Å². The minimum Gasteiger partial charge on any atom is -0.338 e. The van der Waals surface area contributed by atoms with E-state index >= 15 is 0 Å². The van der Waals surface area contributed by atoms with E-state index in [0.717, 1.165) is 43.6 Å². The van der Waals surface area contributed by atoms with Gasteiger partial charge in [0.25, 0.3) is 5.91 Å². The third-order valence-electron chi connectivity index (χ3n) is 6.47. The van der Waals surface area contributed by atoms with Crippen LogP contribution in [0.4, 0.5) is 0 Å². The van der Waals surface area contributed by atoms with Gasteiger partial charge in [0.05, 0.1) is 4.90 Å². The van der Waals surface area contributed by atoms with Crippen LogP contribution in [-0.4, -0.2) is 64.3 Å². The fourth-order valence-corrected chi connectivity index (χ4v) is 6.23. The van der Waals surface area contributed by atoms with Crippen molar-refractivity contribution in [3.8, 4) is 0 Å². The third-order valence-corrected chi connectivity index (χ3v) is 8.38. The monoisotopic (exact) mass is 453 g/mol. The van der Waals surface area contributed by atoms with Crippen molar-refractivity contribution in [2.75, 3.05) is 26.2 Å². The summed E-state index contributed by atoms with van der Waals surface area (Å²) in [5, 5.41) is 8.61. The van der Waals surface area contributed by atoms with Crippen LogP contribution < -0.4 is 0 Å². The quantitative estimate of drug-likeness (QED) is 0.606. The number of carbonyl (C=O) groups is 1. The Balaban J connectivity index is 1.31. The highest BCUT2D eigenvalue weighted by atomic mass is 32.2. The Kier molecular flexibility index (Phi) is 5.69. The zero-order valence-electron chi connectivity index (χ0n) is 17.9. The first-order chi connectivity index (χ1) is 15.5. The molecule has 2 saturated heterocycles. The van der Waals surface area contributed by atoms with Gasteiger partial charge in [0.15, 0.2) is 5.65 Å². The second kappa shape index (κ2) is 8.63. The first-order valence-electron chi connectivity index (χ1n) is 11.2. The molecule has 0 unspecified atom stereocenters. The minimum atomic E-state index is -3.50. The minimum absolute atomic E-state index is 0.0783. The molecule has 0 N–H and O–H groups in total. The van der Waals surface area contributed by atoms with Crippen LogP contribution in [0.3, 0.4) is 0 Å². The lowest BCUT2D eigenvalue weighted by Gasteiger charge is -2.32. The molecule has 2 fully saturated rings. The number of benzene rings is 1. The largest absolute Gasteiger partial charge is 0.338 e. The highest BCUT2D eigenvalue weighted by molar-refractivity contribution is 7.89. The van der Waals surface area contributed by atoms with Gasteiger partial charge < -0.3 is 4.90 Å². The van der Waals surface area contributed by atoms with Crippen molar-refractivity contribution in [2.24, 2.45) is 0 Å². The van der Waals surface area contributed by atoms with Crippen LogP contribution in [-0.2, 0) is 10.0 Å². The number of fused-ring (bicyclic) bond motifs is 1. The molecule has 32 heavy (non-hydrogen) atoms. The molecule has 9 heteroatoms. The standard InChI is InChI=1S/C23H27N5O3S/c29-23(18-9-11-20(12-10-18)32(30,31)27-14-3-1-4-15-27)26-13-6-7-19(17-26)22-25-24-21-8-2-5-16-28(21)22/h2,5,8-12,16,19H,1,3-4,6-7,13-15,17H2/t19-/m1/s1. The lowest BCUT2D eigenvalue weighted by Crippen LogP contribution is -2.39. The van der Waals surface area contributed by atoms with Crippen LogP contribution in [0.15, 0.2) is 53.6 Å². The molecule has 8 nitrogen and oxygen atoms in total. The van der Waals surface area contributed by atoms with E-state index in [1.165, 1.54) is 0 Å². The summed E-state index contributed by atoms with van der Waals surface area (Å²) in [7, 11) is -3.50. The summed E-state index contributed by atoms with van der Waals surface area (Å²) in [6.45, 7) is 2.38. The van der Waals surface area contributed by atoms with Crippen LogP contribution in [0, 0.1) is 0 Å². The number of nitrogens with zero attached hydrogens (tertiary/aromatic N) is 5. The zero-order valence-corrected chi connectivity index (χ0v) is 18.7. The lowest BCUT2D eigenvalue weighted by molar-refractivity contribution is 0.0704. The van der Waals surface area contributed by atoms with Gasteiger partial charge in [0.1, 0.15) is 5.82 Å². The predicted octanol–water partition coefficient (Wildman–Crippen LogP) is 2.92. The first kappa shape index (κ1) is 21.1. The van der Waals surface area contributed by atoms with Gasteiger partial charge in [-0.1, -0.05) is 12.5 Å². The fourth-order valence-electron chi connectivity index (χ4n) is 4.72. The highest BCUT2D eigenvalue weighted by Gasteiger charge is 2.29. The number of rotatable bonds is 4. The maximum Gasteiger partial charge on any atom is 0.253 e. The molecule has 0 saturated carbocycles. The average Bonchev–Trinajstić information content (AvgIpc) is 3.28. The first-order valence-corrected chi connectivity index (χ1v) is 12.7. The van der Waals surface area contributed by atoms with Gasteiger partial charge in [-0.2, -0.15) is 4.31 Å². The van der Waals surface area contributed by atoms with Crippen molar-refractivity contribution in [1.82, 2.24) is 23.8 Å². The highest BCUT2D eigenvalue weighted by Crippen LogP contribution is 2.27. The molecule has 0 spiro atoms. The second-order valence-corrected chi connectivity index (χ2v) is 10.5. The molecule has 0 bridgehead atoms. The summed E-state index contributed by atoms with van der Waals surface area (Å²) in [6.07, 6.45) is 6.65. The van der Waals surface area contributed by atoms with Crippen molar-refractivity contribution in [3.63, 3.8) is 0 Å². The summed E-state index contributed by atoms with van der Waals surface area (Å²) in [5.41, 5.74) is 1.31. The van der Waals surface area contributed by atoms with E-state index in [-0.39, 0.29) is 16.7 Å². The van der Waals surface area contributed by atoms with E-state index in [9.17, 15) is 13.2 Å². The van der Waals surface area contributed by atoms with Crippen molar-refractivity contribution in [3.05, 3.63) is 60.0 Å². The molecule has 3 aromatic rings. The van der Waals surface area contributed by atoms with Gasteiger partial charge in [0, 0.05) is 43.9 Å². The number of hydrogen-bond acceptors (Lipinski definition) is 5. The van der Waals surface area contributed by atoms with E-state index in [1.54, 1.807) is 28.6 Å². The number of likely N-dealkylation sites (tertiary alicyclic amines) is 1. The number of pyridine rings is 1. The number of carbonyl (C=O) groups excluding carboxylic acids is 1. The Hall–Kier alpha value is -2.78. The van der Waals surface area contributed by atoms with Crippen molar-refractivity contribution >= 4 is 21.6 Å². The van der Waals surface area contributed by atoms with Crippen molar-refractivity contribution < 1.29 is 13.2 Å². The molecule has 1 atom stereocenters. The second-order valence-electron chi connectivity index (χ2n) is 8.57. The van der Waals surface area contributed by atoms with Crippen LogP contribution in [0.1, 0.15) is 54.2 Å². The molecule has 1 aromatic carbocycles. The molecular formula is C23H27N5O3S. The normalized spacial score (nSPS) is 20.5. The Morgan fingerprint density at radius 2 is 1.69 bits per heavy atom. The Bertz CT molecular complexity index is 1220. The average molecular weight is 454 g/mol. The predicted molar refractivity (Wildman–Crippen MR) is 120 cm³/mol. The van der Waals surface area contributed by atoms with Crippen molar-refractivity contribution in [1.29, 1.82) is 0 Å². The molecule has 0 aliphatic carbocycles. The molecule has 5 rings (SSSR count). The van der Waals surface area contributed by atoms with Crippen molar-refractivity contribution in [2.45, 2.75) is 42.9 Å². The number of sulfonamides is 1. The number of amides is 1. The number of aromatic nitrogens is 3. The number of hydrogen-bond donors (Lipinski definition) is 0. The van der Waals surface area contributed by atoms with E-state index in [0.29, 0.717) is 31.7 Å². The fraction of sp³-hybridized carbons (Fsp3) is 0.435. The smallest absolute Gasteiger partial charge is 0.253 e. The molecule has 2 aliphatic rings. The summed E-state index contributed by atoms with van der Waals surface area (Å²) in [5.74, 6) is 0.912. The molecule has 168 valence electrons. The zero-order chi connectivity index (χ0) is 22.1. The van der Waals surface area contributed by atoms with Crippen LogP contribution >= 0.6 is 0 Å². The summed E-state index contributed by atoms with van der Waals surface area (Å²) in [4.78, 5) is 15.3. The van der Waals surface area contributed by atoms with E-state index in [1.807, 2.05) is 33.7 Å². The molecular weight excluding hydrogens is 426 g/mol. The SMILES string of the molecule is O=C(c1ccc(S(=O)(=O)N2CCCCC2)cc1)N1CCC[C@@H](c2nnc3ccccn23)C1. The summed E-state index contributed by atoms with van der Waals surface area (Å²) in [6, 6.07) is 12.2. The Morgan fingerprint density at radius 3 is 2.47 bits per heavy atom. The lowest BCUT2D eigenvalue weighted by atomic mass is 9.96. The Labute approximate surface area is 187 Å². The number of piperidine rings is 2. The molecule has 2 aliphatic heterocycles. The Morgan fingerprint density at radius 1 is 0.906 bits per heavy atom. The molecule has 1 amide bonds. The molecule has 2 aromatic heterocycles. The van der Waals surface area contributed by atoms with Crippen LogP contribution in [0.25, 0.3) is 5.65 Å². The summed E-state index contributed by atoms with van der Waals surface area (Å²) < 4.78 is 29.3. The van der Waals surface area contributed by atoms with Gasteiger partial charge in [-0.15, -0.1) is 10.2 Å². The maximum absolute atomic E-state index is 13.2. The van der Waals surface area contributed by atoms with Gasteiger partial charge in [-0.05, 0) is 62.1 Å². The van der Waals surface area contributed by atoms with E-state index in [2.05, 4.69) is 10.2 Å². The van der Waals surface area contributed by atoms with Gasteiger partial charge in [-0.3, -0.25) is 9.20 Å².